The van der Waals surface area contributed by atoms with Gasteiger partial charge >= 0.3 is 13.1 Å². The number of hydrogen-bond acceptors (Lipinski definition) is 4. The fourth-order valence-corrected chi connectivity index (χ4v) is 2.96. The summed E-state index contributed by atoms with van der Waals surface area (Å²) >= 11 is 0. The van der Waals surface area contributed by atoms with Gasteiger partial charge in [0.1, 0.15) is 0 Å². The van der Waals surface area contributed by atoms with Crippen LogP contribution < -0.4 is 0 Å². The summed E-state index contributed by atoms with van der Waals surface area (Å²) in [5.41, 5.74) is 0. The molecule has 1 unspecified atom stereocenters. The van der Waals surface area contributed by atoms with Crippen LogP contribution >= 0.6 is 0 Å². The molecule has 3 N–H and O–H groups in total. The highest BCUT2D eigenvalue weighted by Gasteiger charge is 2.35. The lowest BCUT2D eigenvalue weighted by Gasteiger charge is -2.35. The Kier molecular flexibility index (Phi) is 6.12. The van der Waals surface area contributed by atoms with Gasteiger partial charge in [-0.3, -0.25) is 4.79 Å². The van der Waals surface area contributed by atoms with Crippen LogP contribution in [0.1, 0.15) is 25.7 Å². The molecule has 1 fully saturated rings. The van der Waals surface area contributed by atoms with E-state index < -0.39 is 13.1 Å². The zero-order chi connectivity index (χ0) is 13.7. The number of rotatable bonds is 6. The van der Waals surface area contributed by atoms with Crippen molar-refractivity contribution in [1.29, 1.82) is 0 Å². The monoisotopic (exact) mass is 257 g/mol. The van der Waals surface area contributed by atoms with Crippen LogP contribution in [0.15, 0.2) is 0 Å². The Bertz CT molecular complexity index is 273. The van der Waals surface area contributed by atoms with E-state index in [9.17, 15) is 9.90 Å². The highest BCUT2D eigenvalue weighted by molar-refractivity contribution is 6.40. The molecule has 0 aromatic heterocycles. The topological polar surface area (TPSA) is 81.0 Å². The Morgan fingerprint density at radius 2 is 2.00 bits per heavy atom. The molecule has 1 aliphatic carbocycles. The van der Waals surface area contributed by atoms with Crippen LogP contribution in [0.25, 0.3) is 0 Å². The zero-order valence-electron chi connectivity index (χ0n) is 11.2. The lowest BCUT2D eigenvalue weighted by molar-refractivity contribution is -0.146. The molecule has 1 saturated carbocycles. The Morgan fingerprint density at radius 1 is 1.33 bits per heavy atom. The van der Waals surface area contributed by atoms with E-state index in [0.29, 0.717) is 25.1 Å². The minimum atomic E-state index is -1.27. The first-order chi connectivity index (χ1) is 8.40. The van der Waals surface area contributed by atoms with E-state index in [1.165, 1.54) is 0 Å². The normalized spacial score (nSPS) is 28.4. The van der Waals surface area contributed by atoms with Crippen LogP contribution in [-0.4, -0.2) is 53.8 Å². The first kappa shape index (κ1) is 15.5. The molecule has 0 spiro atoms. The minimum absolute atomic E-state index is 0.216. The zero-order valence-corrected chi connectivity index (χ0v) is 11.2. The van der Waals surface area contributed by atoms with Gasteiger partial charge < -0.3 is 20.1 Å². The largest absolute Gasteiger partial charge is 0.481 e. The quantitative estimate of drug-likeness (QED) is 0.605. The molecule has 104 valence electrons. The smallest absolute Gasteiger partial charge is 0.451 e. The van der Waals surface area contributed by atoms with Gasteiger partial charge in [-0.1, -0.05) is 12.8 Å². The van der Waals surface area contributed by atoms with Gasteiger partial charge in [-0.25, -0.2) is 0 Å². The lowest BCUT2D eigenvalue weighted by atomic mass is 9.70. The Balaban J connectivity index is 2.51. The van der Waals surface area contributed by atoms with E-state index in [0.717, 1.165) is 19.4 Å². The molecular formula is C12H24BNO4. The summed E-state index contributed by atoms with van der Waals surface area (Å²) in [6.45, 7) is 0.812. The van der Waals surface area contributed by atoms with Gasteiger partial charge in [0.05, 0.1) is 5.92 Å². The van der Waals surface area contributed by atoms with E-state index in [1.807, 2.05) is 19.0 Å². The number of nitrogens with zero attached hydrogens (tertiary/aromatic N) is 1. The third kappa shape index (κ3) is 4.96. The summed E-state index contributed by atoms with van der Waals surface area (Å²) < 4.78 is 0. The second kappa shape index (κ2) is 7.11. The van der Waals surface area contributed by atoms with E-state index in [1.54, 1.807) is 0 Å². The van der Waals surface area contributed by atoms with Crippen LogP contribution in [0.2, 0.25) is 6.32 Å². The fourth-order valence-electron chi connectivity index (χ4n) is 2.96. The molecule has 0 radical (unpaired) electrons. The molecule has 0 aromatic rings. The second-order valence-electron chi connectivity index (χ2n) is 5.70. The van der Waals surface area contributed by atoms with Crippen molar-refractivity contribution < 1.29 is 19.9 Å². The van der Waals surface area contributed by atoms with Crippen LogP contribution in [-0.2, 0) is 4.79 Å². The van der Waals surface area contributed by atoms with Gasteiger partial charge in [0.2, 0.25) is 0 Å². The van der Waals surface area contributed by atoms with Crippen molar-refractivity contribution in [3.05, 3.63) is 0 Å². The minimum Gasteiger partial charge on any atom is -0.481 e. The number of hydrogen-bond donors (Lipinski definition) is 3. The van der Waals surface area contributed by atoms with Crippen LogP contribution in [0.3, 0.4) is 0 Å². The van der Waals surface area contributed by atoms with Crippen LogP contribution in [0, 0.1) is 17.8 Å². The molecule has 0 amide bonds. The summed E-state index contributed by atoms with van der Waals surface area (Å²) in [5, 5.41) is 27.0. The number of carboxylic acids is 1. The van der Waals surface area contributed by atoms with Gasteiger partial charge in [0, 0.05) is 6.54 Å². The van der Waals surface area contributed by atoms with Crippen molar-refractivity contribution in [3.63, 3.8) is 0 Å². The average molecular weight is 257 g/mol. The fraction of sp³-hybridized carbons (Fsp3) is 0.917. The van der Waals surface area contributed by atoms with E-state index in [-0.39, 0.29) is 11.8 Å². The first-order valence-corrected chi connectivity index (χ1v) is 6.63. The molecule has 18 heavy (non-hydrogen) atoms. The van der Waals surface area contributed by atoms with E-state index >= 15 is 0 Å². The van der Waals surface area contributed by atoms with Crippen LogP contribution in [0.4, 0.5) is 0 Å². The molecule has 1 aliphatic rings. The lowest BCUT2D eigenvalue weighted by Crippen LogP contribution is -2.37. The van der Waals surface area contributed by atoms with Crippen molar-refractivity contribution in [2.24, 2.45) is 17.8 Å². The van der Waals surface area contributed by atoms with Gasteiger partial charge in [0.25, 0.3) is 0 Å². The van der Waals surface area contributed by atoms with Crippen LogP contribution in [0.5, 0.6) is 0 Å². The number of carboxylic acid groups (broad SMARTS) is 1. The Hall–Kier alpha value is -0.585. The summed E-state index contributed by atoms with van der Waals surface area (Å²) in [6.07, 6.45) is 3.63. The third-order valence-corrected chi connectivity index (χ3v) is 3.85. The molecule has 0 bridgehead atoms. The van der Waals surface area contributed by atoms with Gasteiger partial charge in [-0.2, -0.15) is 0 Å². The van der Waals surface area contributed by atoms with E-state index in [2.05, 4.69) is 0 Å². The predicted octanol–water partition coefficient (Wildman–Crippen LogP) is 0.528. The van der Waals surface area contributed by atoms with Crippen molar-refractivity contribution >= 4 is 13.1 Å². The van der Waals surface area contributed by atoms with Crippen molar-refractivity contribution in [2.75, 3.05) is 20.6 Å². The molecule has 0 aliphatic heterocycles. The first-order valence-electron chi connectivity index (χ1n) is 6.63. The predicted molar refractivity (Wildman–Crippen MR) is 70.1 cm³/mol. The van der Waals surface area contributed by atoms with Crippen molar-refractivity contribution in [1.82, 2.24) is 4.90 Å². The number of aliphatic carboxylic acids is 1. The maximum Gasteiger partial charge on any atom is 0.451 e. The van der Waals surface area contributed by atoms with Crippen molar-refractivity contribution in [2.45, 2.75) is 32.0 Å². The Labute approximate surface area is 109 Å². The summed E-state index contributed by atoms with van der Waals surface area (Å²) in [5.74, 6) is -0.475. The molecule has 3 atom stereocenters. The maximum absolute atomic E-state index is 11.3. The van der Waals surface area contributed by atoms with Gasteiger partial charge in [0.15, 0.2) is 0 Å². The SMILES string of the molecule is CN(C)C[C@H]1CCC(CCB(O)O)C[C@@H]1C(=O)O. The van der Waals surface area contributed by atoms with Gasteiger partial charge in [-0.15, -0.1) is 0 Å². The molecule has 6 heteroatoms. The Morgan fingerprint density at radius 3 is 2.50 bits per heavy atom. The number of carbonyl (C=O) groups is 1. The average Bonchev–Trinajstić information content (AvgIpc) is 2.26. The molecule has 5 nitrogen and oxygen atoms in total. The summed E-state index contributed by atoms with van der Waals surface area (Å²) in [7, 11) is 2.66. The second-order valence-corrected chi connectivity index (χ2v) is 5.70. The van der Waals surface area contributed by atoms with E-state index in [4.69, 9.17) is 10.0 Å². The molecule has 0 aromatic carbocycles. The highest BCUT2D eigenvalue weighted by atomic mass is 16.4. The highest BCUT2D eigenvalue weighted by Crippen LogP contribution is 2.36. The van der Waals surface area contributed by atoms with Gasteiger partial charge in [-0.05, 0) is 45.1 Å². The molecule has 0 saturated heterocycles. The third-order valence-electron chi connectivity index (χ3n) is 3.85. The molecule has 1 rings (SSSR count). The summed E-state index contributed by atoms with van der Waals surface area (Å²) in [4.78, 5) is 13.4. The van der Waals surface area contributed by atoms with Crippen molar-refractivity contribution in [3.8, 4) is 0 Å². The summed E-state index contributed by atoms with van der Waals surface area (Å²) in [6, 6.07) is 0. The maximum atomic E-state index is 11.3. The molecule has 0 heterocycles. The molecular weight excluding hydrogens is 233 g/mol. The standard InChI is InChI=1S/C12H24BNO4/c1-14(2)8-10-4-3-9(5-6-13(17)18)7-11(10)12(15)16/h9-11,17-18H,3-8H2,1-2H3,(H,15,16)/t9?,10-,11+/m1/s1.